The second-order valence-electron chi connectivity index (χ2n) is 6.50. The van der Waals surface area contributed by atoms with Crippen LogP contribution in [-0.4, -0.2) is 22.2 Å². The van der Waals surface area contributed by atoms with Gasteiger partial charge in [-0.25, -0.2) is 4.79 Å². The SMILES string of the molecule is CC(C)c1cn(CCCN)c2c(C(C)C)cc(C(=O)O)cc12. The van der Waals surface area contributed by atoms with Crippen molar-refractivity contribution in [2.45, 2.75) is 52.5 Å². The lowest BCUT2D eigenvalue weighted by Crippen LogP contribution is -2.07. The largest absolute Gasteiger partial charge is 0.478 e. The minimum atomic E-state index is -0.867. The lowest BCUT2D eigenvalue weighted by molar-refractivity contribution is 0.0697. The number of carboxylic acids is 1. The van der Waals surface area contributed by atoms with Crippen molar-refractivity contribution < 1.29 is 9.90 Å². The summed E-state index contributed by atoms with van der Waals surface area (Å²) in [7, 11) is 0. The molecule has 1 heterocycles. The molecule has 0 saturated heterocycles. The summed E-state index contributed by atoms with van der Waals surface area (Å²) in [5.41, 5.74) is 9.49. The van der Waals surface area contributed by atoms with Crippen LogP contribution in [0.5, 0.6) is 0 Å². The molecule has 0 saturated carbocycles. The van der Waals surface area contributed by atoms with E-state index in [4.69, 9.17) is 5.73 Å². The van der Waals surface area contributed by atoms with Crippen molar-refractivity contribution in [3.63, 3.8) is 0 Å². The molecule has 0 fully saturated rings. The summed E-state index contributed by atoms with van der Waals surface area (Å²) in [5.74, 6) is -0.243. The number of benzene rings is 1. The van der Waals surface area contributed by atoms with Crippen LogP contribution in [0.15, 0.2) is 18.3 Å². The predicted molar refractivity (Wildman–Crippen MR) is 90.7 cm³/mol. The Hall–Kier alpha value is -1.81. The molecule has 4 heteroatoms. The number of aryl methyl sites for hydroxylation is 1. The molecule has 0 aliphatic heterocycles. The Morgan fingerprint density at radius 2 is 1.82 bits per heavy atom. The number of rotatable bonds is 6. The number of nitrogens with zero attached hydrogens (tertiary/aromatic N) is 1. The second-order valence-corrected chi connectivity index (χ2v) is 6.50. The van der Waals surface area contributed by atoms with Gasteiger partial charge in [0, 0.05) is 18.1 Å². The number of aromatic nitrogens is 1. The van der Waals surface area contributed by atoms with Crippen LogP contribution in [0.1, 0.15) is 67.4 Å². The molecule has 2 aromatic rings. The molecule has 0 bridgehead atoms. The summed E-state index contributed by atoms with van der Waals surface area (Å²) in [5, 5.41) is 10.5. The average molecular weight is 302 g/mol. The highest BCUT2D eigenvalue weighted by molar-refractivity contribution is 5.97. The summed E-state index contributed by atoms with van der Waals surface area (Å²) in [6.45, 7) is 10.0. The van der Waals surface area contributed by atoms with Gasteiger partial charge in [-0.15, -0.1) is 0 Å². The van der Waals surface area contributed by atoms with Crippen LogP contribution in [0.2, 0.25) is 0 Å². The third-order valence-electron chi connectivity index (χ3n) is 4.13. The minimum Gasteiger partial charge on any atom is -0.478 e. The van der Waals surface area contributed by atoms with Crippen LogP contribution in [0.3, 0.4) is 0 Å². The smallest absolute Gasteiger partial charge is 0.335 e. The van der Waals surface area contributed by atoms with Gasteiger partial charge < -0.3 is 15.4 Å². The second kappa shape index (κ2) is 6.53. The highest BCUT2D eigenvalue weighted by Gasteiger charge is 2.19. The Morgan fingerprint density at radius 1 is 1.18 bits per heavy atom. The zero-order valence-corrected chi connectivity index (χ0v) is 13.9. The summed E-state index contributed by atoms with van der Waals surface area (Å²) < 4.78 is 2.25. The first-order valence-corrected chi connectivity index (χ1v) is 7.96. The fourth-order valence-corrected chi connectivity index (χ4v) is 2.96. The van der Waals surface area contributed by atoms with Gasteiger partial charge in [-0.2, -0.15) is 0 Å². The molecule has 22 heavy (non-hydrogen) atoms. The quantitative estimate of drug-likeness (QED) is 0.849. The van der Waals surface area contributed by atoms with Crippen molar-refractivity contribution in [3.05, 3.63) is 35.0 Å². The van der Waals surface area contributed by atoms with Gasteiger partial charge >= 0.3 is 5.97 Å². The molecule has 0 amide bonds. The molecule has 120 valence electrons. The van der Waals surface area contributed by atoms with Gasteiger partial charge in [0.15, 0.2) is 0 Å². The Labute approximate surface area is 131 Å². The number of hydrogen-bond donors (Lipinski definition) is 2. The van der Waals surface area contributed by atoms with Gasteiger partial charge in [0.1, 0.15) is 0 Å². The molecule has 0 unspecified atom stereocenters. The van der Waals surface area contributed by atoms with E-state index in [1.54, 1.807) is 0 Å². The Kier molecular flexibility index (Phi) is 4.91. The molecule has 1 aromatic carbocycles. The maximum absolute atomic E-state index is 11.5. The van der Waals surface area contributed by atoms with E-state index < -0.39 is 5.97 Å². The minimum absolute atomic E-state index is 0.272. The van der Waals surface area contributed by atoms with Crippen molar-refractivity contribution in [3.8, 4) is 0 Å². The van der Waals surface area contributed by atoms with E-state index in [1.165, 1.54) is 5.56 Å². The van der Waals surface area contributed by atoms with Crippen LogP contribution in [0, 0.1) is 0 Å². The Bertz CT molecular complexity index is 684. The fourth-order valence-electron chi connectivity index (χ4n) is 2.96. The summed E-state index contributed by atoms with van der Waals surface area (Å²) in [6, 6.07) is 3.64. The normalized spacial score (nSPS) is 11.8. The highest BCUT2D eigenvalue weighted by atomic mass is 16.4. The van der Waals surface area contributed by atoms with E-state index >= 15 is 0 Å². The zero-order chi connectivity index (χ0) is 16.4. The van der Waals surface area contributed by atoms with Crippen molar-refractivity contribution >= 4 is 16.9 Å². The molecule has 2 rings (SSSR count). The first-order valence-electron chi connectivity index (χ1n) is 7.96. The molecule has 0 spiro atoms. The molecule has 0 radical (unpaired) electrons. The lowest BCUT2D eigenvalue weighted by atomic mass is 9.94. The molecule has 3 N–H and O–H groups in total. The topological polar surface area (TPSA) is 68.2 Å². The number of fused-ring (bicyclic) bond motifs is 1. The third-order valence-corrected chi connectivity index (χ3v) is 4.13. The van der Waals surface area contributed by atoms with E-state index in [1.807, 2.05) is 12.1 Å². The average Bonchev–Trinajstić information content (AvgIpc) is 2.82. The van der Waals surface area contributed by atoms with Crippen LogP contribution in [0.4, 0.5) is 0 Å². The van der Waals surface area contributed by atoms with Gasteiger partial charge in [0.2, 0.25) is 0 Å². The molecule has 0 atom stereocenters. The van der Waals surface area contributed by atoms with E-state index in [0.717, 1.165) is 29.4 Å². The van der Waals surface area contributed by atoms with Crippen LogP contribution >= 0.6 is 0 Å². The van der Waals surface area contributed by atoms with Gasteiger partial charge in [0.05, 0.1) is 11.1 Å². The zero-order valence-electron chi connectivity index (χ0n) is 13.9. The molecule has 1 aromatic heterocycles. The summed E-state index contributed by atoms with van der Waals surface area (Å²) in [6.07, 6.45) is 3.09. The van der Waals surface area contributed by atoms with Crippen molar-refractivity contribution in [1.29, 1.82) is 0 Å². The van der Waals surface area contributed by atoms with Crippen molar-refractivity contribution in [2.75, 3.05) is 6.54 Å². The third kappa shape index (κ3) is 3.02. The van der Waals surface area contributed by atoms with Crippen LogP contribution in [0.25, 0.3) is 10.9 Å². The first-order chi connectivity index (χ1) is 10.4. The van der Waals surface area contributed by atoms with Gasteiger partial charge in [-0.3, -0.25) is 0 Å². The lowest BCUT2D eigenvalue weighted by Gasteiger charge is -2.13. The summed E-state index contributed by atoms with van der Waals surface area (Å²) >= 11 is 0. The molecule has 0 aliphatic rings. The molecule has 0 aliphatic carbocycles. The van der Waals surface area contributed by atoms with Crippen LogP contribution in [-0.2, 0) is 6.54 Å². The fraction of sp³-hybridized carbons (Fsp3) is 0.500. The monoisotopic (exact) mass is 302 g/mol. The van der Waals surface area contributed by atoms with E-state index in [-0.39, 0.29) is 5.92 Å². The number of aromatic carboxylic acids is 1. The predicted octanol–water partition coefficient (Wildman–Crippen LogP) is 3.94. The Balaban J connectivity index is 2.79. The van der Waals surface area contributed by atoms with E-state index in [0.29, 0.717) is 18.0 Å². The first kappa shape index (κ1) is 16.6. The molecular weight excluding hydrogens is 276 g/mol. The van der Waals surface area contributed by atoms with Gasteiger partial charge in [-0.1, -0.05) is 27.7 Å². The van der Waals surface area contributed by atoms with Crippen molar-refractivity contribution in [1.82, 2.24) is 4.57 Å². The van der Waals surface area contributed by atoms with Gasteiger partial charge in [-0.05, 0) is 48.1 Å². The molecular formula is C18H26N2O2. The summed E-state index contributed by atoms with van der Waals surface area (Å²) in [4.78, 5) is 11.5. The van der Waals surface area contributed by atoms with E-state index in [9.17, 15) is 9.90 Å². The maximum atomic E-state index is 11.5. The highest BCUT2D eigenvalue weighted by Crippen LogP contribution is 2.34. The number of carbonyl (C=O) groups is 1. The van der Waals surface area contributed by atoms with Crippen molar-refractivity contribution in [2.24, 2.45) is 5.73 Å². The number of nitrogens with two attached hydrogens (primary N) is 1. The Morgan fingerprint density at radius 3 is 2.32 bits per heavy atom. The van der Waals surface area contributed by atoms with Gasteiger partial charge in [0.25, 0.3) is 0 Å². The van der Waals surface area contributed by atoms with Crippen LogP contribution < -0.4 is 5.73 Å². The number of carboxylic acid groups (broad SMARTS) is 1. The van der Waals surface area contributed by atoms with E-state index in [2.05, 4.69) is 38.5 Å². The number of hydrogen-bond acceptors (Lipinski definition) is 2. The maximum Gasteiger partial charge on any atom is 0.335 e. The molecule has 4 nitrogen and oxygen atoms in total. The standard InChI is InChI=1S/C18H26N2O2/c1-11(2)14-8-13(18(21)22)9-15-16(12(3)4)10-20(17(14)15)7-5-6-19/h8-12H,5-7,19H2,1-4H3,(H,21,22).